The fraction of sp³-hybridized carbons (Fsp3) is 0.278. The van der Waals surface area contributed by atoms with Crippen LogP contribution in [0.25, 0.3) is 11.0 Å². The Bertz CT molecular complexity index is 834. The van der Waals surface area contributed by atoms with Gasteiger partial charge in [-0.05, 0) is 48.6 Å². The van der Waals surface area contributed by atoms with Gasteiger partial charge in [0.1, 0.15) is 12.1 Å². The number of aryl methyl sites for hydroxylation is 2. The van der Waals surface area contributed by atoms with Crippen molar-refractivity contribution >= 4 is 22.3 Å². The molecule has 3 aromatic rings. The second-order valence-corrected chi connectivity index (χ2v) is 6.67. The molecule has 0 bridgehead atoms. The first-order chi connectivity index (χ1) is 10.6. The SMILES string of the molecule is Cc1cc2oc(=O)cc(C[NH2+]CCc3cccs3)c2cc1C. The lowest BCUT2D eigenvalue weighted by Crippen LogP contribution is -2.83. The Balaban J connectivity index is 1.77. The summed E-state index contributed by atoms with van der Waals surface area (Å²) in [4.78, 5) is 13.1. The van der Waals surface area contributed by atoms with Crippen LogP contribution < -0.4 is 10.9 Å². The van der Waals surface area contributed by atoms with E-state index in [-0.39, 0.29) is 5.63 Å². The maximum atomic E-state index is 11.7. The molecule has 3 nitrogen and oxygen atoms in total. The van der Waals surface area contributed by atoms with Crippen molar-refractivity contribution in [2.45, 2.75) is 26.8 Å². The van der Waals surface area contributed by atoms with Crippen molar-refractivity contribution in [3.8, 4) is 0 Å². The predicted octanol–water partition coefficient (Wildman–Crippen LogP) is 2.78. The number of quaternary nitrogens is 1. The van der Waals surface area contributed by atoms with Crippen molar-refractivity contribution in [1.82, 2.24) is 0 Å². The lowest BCUT2D eigenvalue weighted by molar-refractivity contribution is -0.669. The van der Waals surface area contributed by atoms with Gasteiger partial charge in [-0.3, -0.25) is 0 Å². The van der Waals surface area contributed by atoms with Crippen LogP contribution >= 0.6 is 11.3 Å². The van der Waals surface area contributed by atoms with Crippen molar-refractivity contribution in [3.05, 3.63) is 67.7 Å². The maximum Gasteiger partial charge on any atom is 0.336 e. The highest BCUT2D eigenvalue weighted by Crippen LogP contribution is 2.21. The number of rotatable bonds is 5. The van der Waals surface area contributed by atoms with E-state index in [2.05, 4.69) is 35.8 Å². The summed E-state index contributed by atoms with van der Waals surface area (Å²) in [5.74, 6) is 0. The number of nitrogens with two attached hydrogens (primary N) is 1. The molecule has 2 aromatic heterocycles. The van der Waals surface area contributed by atoms with Gasteiger partial charge in [-0.25, -0.2) is 4.79 Å². The molecule has 2 heterocycles. The average Bonchev–Trinajstić information content (AvgIpc) is 2.98. The second kappa shape index (κ2) is 6.46. The van der Waals surface area contributed by atoms with Gasteiger partial charge in [0.25, 0.3) is 0 Å². The fourth-order valence-electron chi connectivity index (χ4n) is 2.61. The van der Waals surface area contributed by atoms with Gasteiger partial charge in [-0.2, -0.15) is 0 Å². The van der Waals surface area contributed by atoms with Crippen LogP contribution in [-0.4, -0.2) is 6.54 Å². The van der Waals surface area contributed by atoms with Crippen LogP contribution in [0.5, 0.6) is 0 Å². The van der Waals surface area contributed by atoms with Crippen LogP contribution in [0.15, 0.2) is 44.9 Å². The van der Waals surface area contributed by atoms with Gasteiger partial charge in [0.05, 0.1) is 6.54 Å². The predicted molar refractivity (Wildman–Crippen MR) is 90.5 cm³/mol. The number of thiophene rings is 1. The minimum atomic E-state index is -0.266. The summed E-state index contributed by atoms with van der Waals surface area (Å²) in [6.07, 6.45) is 1.06. The molecule has 0 unspecified atom stereocenters. The van der Waals surface area contributed by atoms with E-state index in [1.54, 1.807) is 17.4 Å². The van der Waals surface area contributed by atoms with Gasteiger partial charge < -0.3 is 9.73 Å². The molecule has 0 aliphatic rings. The van der Waals surface area contributed by atoms with E-state index in [0.29, 0.717) is 5.58 Å². The molecule has 1 aromatic carbocycles. The minimum absolute atomic E-state index is 0.266. The second-order valence-electron chi connectivity index (χ2n) is 5.63. The fourth-order valence-corrected chi connectivity index (χ4v) is 3.33. The Morgan fingerprint density at radius 2 is 2.00 bits per heavy atom. The molecule has 0 fully saturated rings. The van der Waals surface area contributed by atoms with E-state index in [1.807, 2.05) is 13.0 Å². The highest BCUT2D eigenvalue weighted by atomic mass is 32.1. The molecular formula is C18H20NO2S+. The zero-order chi connectivity index (χ0) is 15.5. The largest absolute Gasteiger partial charge is 0.423 e. The van der Waals surface area contributed by atoms with E-state index in [1.165, 1.54) is 10.4 Å². The molecule has 0 aliphatic carbocycles. The van der Waals surface area contributed by atoms with Crippen molar-refractivity contribution < 1.29 is 9.73 Å². The molecule has 0 saturated carbocycles. The lowest BCUT2D eigenvalue weighted by atomic mass is 10.0. The molecule has 22 heavy (non-hydrogen) atoms. The van der Waals surface area contributed by atoms with E-state index < -0.39 is 0 Å². The maximum absolute atomic E-state index is 11.7. The first-order valence-electron chi connectivity index (χ1n) is 7.51. The van der Waals surface area contributed by atoms with Gasteiger partial charge >= 0.3 is 5.63 Å². The van der Waals surface area contributed by atoms with Gasteiger partial charge in [0, 0.05) is 28.3 Å². The Hall–Kier alpha value is -1.91. The molecule has 0 atom stereocenters. The topological polar surface area (TPSA) is 46.8 Å². The Morgan fingerprint density at radius 1 is 1.18 bits per heavy atom. The summed E-state index contributed by atoms with van der Waals surface area (Å²) < 4.78 is 5.34. The van der Waals surface area contributed by atoms with Crippen LogP contribution in [0, 0.1) is 13.8 Å². The van der Waals surface area contributed by atoms with E-state index in [9.17, 15) is 4.79 Å². The molecule has 0 aliphatic heterocycles. The molecule has 0 saturated heterocycles. The molecule has 2 N–H and O–H groups in total. The van der Waals surface area contributed by atoms with Gasteiger partial charge in [0.2, 0.25) is 0 Å². The Labute approximate surface area is 133 Å². The molecular weight excluding hydrogens is 294 g/mol. The summed E-state index contributed by atoms with van der Waals surface area (Å²) in [6, 6.07) is 9.95. The molecule has 0 spiro atoms. The lowest BCUT2D eigenvalue weighted by Gasteiger charge is -2.07. The molecule has 0 amide bonds. The van der Waals surface area contributed by atoms with Crippen LogP contribution in [0.3, 0.4) is 0 Å². The normalized spacial score (nSPS) is 11.2. The van der Waals surface area contributed by atoms with Crippen LogP contribution in [0.4, 0.5) is 0 Å². The van der Waals surface area contributed by atoms with Crippen molar-refractivity contribution in [3.63, 3.8) is 0 Å². The standard InChI is InChI=1S/C18H19NO2S/c1-12-8-16-14(10-18(20)21-17(16)9-13(12)2)11-19-6-5-15-4-3-7-22-15/h3-4,7-10,19H,5-6,11H2,1-2H3/p+1. The van der Waals surface area contributed by atoms with E-state index >= 15 is 0 Å². The average molecular weight is 314 g/mol. The van der Waals surface area contributed by atoms with E-state index in [0.717, 1.165) is 36.0 Å². The third-order valence-electron chi connectivity index (χ3n) is 3.98. The molecule has 114 valence electrons. The number of hydrogen-bond acceptors (Lipinski definition) is 3. The third kappa shape index (κ3) is 3.29. The molecule has 3 rings (SSSR count). The quantitative estimate of drug-likeness (QED) is 0.581. The third-order valence-corrected chi connectivity index (χ3v) is 4.92. The van der Waals surface area contributed by atoms with Gasteiger partial charge in [0.15, 0.2) is 0 Å². The van der Waals surface area contributed by atoms with Gasteiger partial charge in [-0.1, -0.05) is 6.07 Å². The van der Waals surface area contributed by atoms with Crippen LogP contribution in [0.1, 0.15) is 21.6 Å². The summed E-state index contributed by atoms with van der Waals surface area (Å²) in [5, 5.41) is 5.41. The van der Waals surface area contributed by atoms with Crippen molar-refractivity contribution in [1.29, 1.82) is 0 Å². The van der Waals surface area contributed by atoms with Crippen LogP contribution in [-0.2, 0) is 13.0 Å². The summed E-state index contributed by atoms with van der Waals surface area (Å²) >= 11 is 1.79. The molecule has 4 heteroatoms. The summed E-state index contributed by atoms with van der Waals surface area (Å²) in [5.41, 5.74) is 3.85. The molecule has 0 radical (unpaired) electrons. The van der Waals surface area contributed by atoms with Crippen molar-refractivity contribution in [2.24, 2.45) is 0 Å². The van der Waals surface area contributed by atoms with E-state index in [4.69, 9.17) is 4.42 Å². The number of benzene rings is 1. The Kier molecular flexibility index (Phi) is 4.41. The summed E-state index contributed by atoms with van der Waals surface area (Å²) in [7, 11) is 0. The van der Waals surface area contributed by atoms with Crippen LogP contribution in [0.2, 0.25) is 0 Å². The zero-order valence-corrected chi connectivity index (χ0v) is 13.7. The number of fused-ring (bicyclic) bond motifs is 1. The zero-order valence-electron chi connectivity index (χ0n) is 12.9. The first kappa shape index (κ1) is 15.0. The van der Waals surface area contributed by atoms with Gasteiger partial charge in [-0.15, -0.1) is 11.3 Å². The minimum Gasteiger partial charge on any atom is -0.423 e. The Morgan fingerprint density at radius 3 is 2.77 bits per heavy atom. The van der Waals surface area contributed by atoms with Crippen molar-refractivity contribution in [2.75, 3.05) is 6.54 Å². The number of hydrogen-bond donors (Lipinski definition) is 1. The smallest absolute Gasteiger partial charge is 0.336 e. The first-order valence-corrected chi connectivity index (χ1v) is 8.39. The highest BCUT2D eigenvalue weighted by molar-refractivity contribution is 7.09. The summed E-state index contributed by atoms with van der Waals surface area (Å²) in [6.45, 7) is 5.95. The highest BCUT2D eigenvalue weighted by Gasteiger charge is 2.09. The monoisotopic (exact) mass is 314 g/mol.